The maximum Gasteiger partial charge on any atom is 0.119 e. The van der Waals surface area contributed by atoms with Crippen LogP contribution in [0.2, 0.25) is 0 Å². The molecule has 2 aliphatic rings. The maximum absolute atomic E-state index is 5.39. The lowest BCUT2D eigenvalue weighted by molar-refractivity contribution is 0.0326. The summed E-state index contributed by atoms with van der Waals surface area (Å²) in [5, 5.41) is 0. The van der Waals surface area contributed by atoms with Crippen LogP contribution < -0.4 is 4.74 Å². The Hall–Kier alpha value is -1.10. The molecule has 0 unspecified atom stereocenters. The minimum absolute atomic E-state index is 0.889. The summed E-state index contributed by atoms with van der Waals surface area (Å²) >= 11 is 0. The highest BCUT2D eigenvalue weighted by molar-refractivity contribution is 5.37. The van der Waals surface area contributed by atoms with Crippen LogP contribution in [-0.2, 0) is 17.7 Å². The monoisotopic (exact) mass is 276 g/mol. The molecule has 0 aromatic heterocycles. The summed E-state index contributed by atoms with van der Waals surface area (Å²) in [6.07, 6.45) is 1.16. The molecule has 0 aliphatic carbocycles. The molecule has 110 valence electrons. The van der Waals surface area contributed by atoms with E-state index in [1.807, 2.05) is 0 Å². The molecule has 1 fully saturated rings. The molecule has 0 radical (unpaired) electrons. The lowest BCUT2D eigenvalue weighted by Gasteiger charge is -2.32. The molecule has 0 amide bonds. The number of rotatable bonds is 4. The van der Waals surface area contributed by atoms with Crippen LogP contribution in [0, 0.1) is 0 Å². The van der Waals surface area contributed by atoms with E-state index in [2.05, 4.69) is 28.0 Å². The van der Waals surface area contributed by atoms with E-state index in [9.17, 15) is 0 Å². The number of fused-ring (bicyclic) bond motifs is 1. The smallest absolute Gasteiger partial charge is 0.119 e. The molecule has 1 saturated heterocycles. The summed E-state index contributed by atoms with van der Waals surface area (Å²) in [6, 6.07) is 6.48. The molecule has 1 aromatic rings. The summed E-state index contributed by atoms with van der Waals surface area (Å²) in [5.41, 5.74) is 2.91. The second kappa shape index (κ2) is 6.57. The molecule has 3 rings (SSSR count). The van der Waals surface area contributed by atoms with Gasteiger partial charge in [0.1, 0.15) is 5.75 Å². The predicted molar refractivity (Wildman–Crippen MR) is 79.2 cm³/mol. The Morgan fingerprint density at radius 2 is 1.85 bits per heavy atom. The Morgan fingerprint density at radius 1 is 1.05 bits per heavy atom. The van der Waals surface area contributed by atoms with Crippen molar-refractivity contribution in [3.8, 4) is 5.75 Å². The molecule has 0 bridgehead atoms. The van der Waals surface area contributed by atoms with Crippen molar-refractivity contribution in [1.29, 1.82) is 0 Å². The van der Waals surface area contributed by atoms with E-state index in [4.69, 9.17) is 9.47 Å². The van der Waals surface area contributed by atoms with E-state index >= 15 is 0 Å². The average molecular weight is 276 g/mol. The first-order chi connectivity index (χ1) is 9.85. The summed E-state index contributed by atoms with van der Waals surface area (Å²) in [7, 11) is 1.74. The number of morpholine rings is 1. The molecule has 2 aliphatic heterocycles. The lowest BCUT2D eigenvalue weighted by Crippen LogP contribution is -2.42. The van der Waals surface area contributed by atoms with E-state index in [-0.39, 0.29) is 0 Å². The molecule has 1 aromatic carbocycles. The third-order valence-corrected chi connectivity index (χ3v) is 4.34. The van der Waals surface area contributed by atoms with E-state index in [1.54, 1.807) is 7.11 Å². The van der Waals surface area contributed by atoms with Crippen molar-refractivity contribution < 1.29 is 9.47 Å². The summed E-state index contributed by atoms with van der Waals surface area (Å²) in [6.45, 7) is 8.47. The molecule has 0 spiro atoms. The van der Waals surface area contributed by atoms with Crippen molar-refractivity contribution in [2.75, 3.05) is 53.0 Å². The first-order valence-corrected chi connectivity index (χ1v) is 7.53. The molecule has 0 atom stereocenters. The van der Waals surface area contributed by atoms with Gasteiger partial charge >= 0.3 is 0 Å². The van der Waals surface area contributed by atoms with Crippen LogP contribution in [0.4, 0.5) is 0 Å². The van der Waals surface area contributed by atoms with Crippen LogP contribution in [0.3, 0.4) is 0 Å². The van der Waals surface area contributed by atoms with Crippen molar-refractivity contribution in [2.45, 2.75) is 13.0 Å². The molecule has 4 heteroatoms. The number of methoxy groups -OCH3 is 1. The largest absolute Gasteiger partial charge is 0.497 e. The highest BCUT2D eigenvalue weighted by atomic mass is 16.5. The van der Waals surface area contributed by atoms with Crippen LogP contribution in [0.5, 0.6) is 5.75 Å². The Morgan fingerprint density at radius 3 is 2.65 bits per heavy atom. The predicted octanol–water partition coefficient (Wildman–Crippen LogP) is 1.39. The van der Waals surface area contributed by atoms with Gasteiger partial charge in [0.2, 0.25) is 0 Å². The van der Waals surface area contributed by atoms with Crippen LogP contribution in [0.25, 0.3) is 0 Å². The van der Waals surface area contributed by atoms with Gasteiger partial charge in [0.15, 0.2) is 0 Å². The topological polar surface area (TPSA) is 24.9 Å². The van der Waals surface area contributed by atoms with Crippen molar-refractivity contribution in [2.24, 2.45) is 0 Å². The van der Waals surface area contributed by atoms with E-state index in [0.717, 1.165) is 58.1 Å². The van der Waals surface area contributed by atoms with Crippen LogP contribution >= 0.6 is 0 Å². The molecule has 4 nitrogen and oxygen atoms in total. The van der Waals surface area contributed by atoms with Crippen LogP contribution in [0.1, 0.15) is 11.1 Å². The number of hydrogen-bond acceptors (Lipinski definition) is 4. The Kier molecular flexibility index (Phi) is 4.55. The first kappa shape index (κ1) is 13.9. The number of benzene rings is 1. The van der Waals surface area contributed by atoms with Gasteiger partial charge in [-0.05, 0) is 29.7 Å². The van der Waals surface area contributed by atoms with Gasteiger partial charge in [-0.15, -0.1) is 0 Å². The maximum atomic E-state index is 5.39. The standard InChI is InChI=1S/C16H24N2O2/c1-19-16-3-2-14-4-5-18(13-15(14)12-16)7-6-17-8-10-20-11-9-17/h2-3,12H,4-11,13H2,1H3. The lowest BCUT2D eigenvalue weighted by atomic mass is 9.99. The van der Waals surface area contributed by atoms with Gasteiger partial charge in [0.05, 0.1) is 20.3 Å². The zero-order valence-corrected chi connectivity index (χ0v) is 12.3. The molecule has 20 heavy (non-hydrogen) atoms. The summed E-state index contributed by atoms with van der Waals surface area (Å²) in [4.78, 5) is 5.06. The molecule has 0 N–H and O–H groups in total. The van der Waals surface area contributed by atoms with Crippen molar-refractivity contribution in [3.05, 3.63) is 29.3 Å². The van der Waals surface area contributed by atoms with Gasteiger partial charge in [-0.1, -0.05) is 6.07 Å². The summed E-state index contributed by atoms with van der Waals surface area (Å²) < 4.78 is 10.7. The second-order valence-electron chi connectivity index (χ2n) is 5.61. The first-order valence-electron chi connectivity index (χ1n) is 7.53. The SMILES string of the molecule is COc1ccc2c(c1)CN(CCN1CCOCC1)CC2. The minimum atomic E-state index is 0.889. The van der Waals surface area contributed by atoms with Gasteiger partial charge in [-0.2, -0.15) is 0 Å². The molecular weight excluding hydrogens is 252 g/mol. The van der Waals surface area contributed by atoms with Crippen molar-refractivity contribution in [1.82, 2.24) is 9.80 Å². The number of ether oxygens (including phenoxy) is 2. The molecule has 2 heterocycles. The Labute approximate surface area is 121 Å². The van der Waals surface area contributed by atoms with E-state index in [1.165, 1.54) is 17.7 Å². The zero-order valence-electron chi connectivity index (χ0n) is 12.3. The Balaban J connectivity index is 1.54. The fourth-order valence-electron chi connectivity index (χ4n) is 3.02. The quantitative estimate of drug-likeness (QED) is 0.829. The van der Waals surface area contributed by atoms with Crippen LogP contribution in [0.15, 0.2) is 18.2 Å². The molecular formula is C16H24N2O2. The van der Waals surface area contributed by atoms with Crippen molar-refractivity contribution in [3.63, 3.8) is 0 Å². The highest BCUT2D eigenvalue weighted by Crippen LogP contribution is 2.23. The minimum Gasteiger partial charge on any atom is -0.497 e. The molecule has 0 saturated carbocycles. The zero-order chi connectivity index (χ0) is 13.8. The fraction of sp³-hybridized carbons (Fsp3) is 0.625. The van der Waals surface area contributed by atoms with Gasteiger partial charge in [0, 0.05) is 39.3 Å². The Bertz CT molecular complexity index is 444. The normalized spacial score (nSPS) is 20.6. The summed E-state index contributed by atoms with van der Waals surface area (Å²) in [5.74, 6) is 0.971. The highest BCUT2D eigenvalue weighted by Gasteiger charge is 2.18. The van der Waals surface area contributed by atoms with Gasteiger partial charge < -0.3 is 9.47 Å². The fourth-order valence-corrected chi connectivity index (χ4v) is 3.02. The van der Waals surface area contributed by atoms with Gasteiger partial charge in [0.25, 0.3) is 0 Å². The van der Waals surface area contributed by atoms with Gasteiger partial charge in [-0.3, -0.25) is 9.80 Å². The third-order valence-electron chi connectivity index (χ3n) is 4.34. The third kappa shape index (κ3) is 3.32. The van der Waals surface area contributed by atoms with E-state index in [0.29, 0.717) is 0 Å². The second-order valence-corrected chi connectivity index (χ2v) is 5.61. The van der Waals surface area contributed by atoms with Crippen molar-refractivity contribution >= 4 is 0 Å². The number of nitrogens with zero attached hydrogens (tertiary/aromatic N) is 2. The number of hydrogen-bond donors (Lipinski definition) is 0. The van der Waals surface area contributed by atoms with Crippen LogP contribution in [-0.4, -0.2) is 62.8 Å². The van der Waals surface area contributed by atoms with Gasteiger partial charge in [-0.25, -0.2) is 0 Å². The average Bonchev–Trinajstić information content (AvgIpc) is 2.53. The van der Waals surface area contributed by atoms with E-state index < -0.39 is 0 Å².